The molecule has 0 fully saturated rings. The van der Waals surface area contributed by atoms with Gasteiger partial charge in [0.2, 0.25) is 11.7 Å². The van der Waals surface area contributed by atoms with Gasteiger partial charge >= 0.3 is 0 Å². The van der Waals surface area contributed by atoms with E-state index in [1.165, 1.54) is 0 Å². The van der Waals surface area contributed by atoms with Gasteiger partial charge in [-0.05, 0) is 24.5 Å². The summed E-state index contributed by atoms with van der Waals surface area (Å²) in [5.41, 5.74) is 1.03. The molecule has 0 aliphatic heterocycles. The third kappa shape index (κ3) is 2.48. The van der Waals surface area contributed by atoms with Crippen LogP contribution in [0, 0.1) is 0 Å². The molecule has 0 amide bonds. The predicted octanol–water partition coefficient (Wildman–Crippen LogP) is 2.64. The lowest BCUT2D eigenvalue weighted by atomic mass is 10.3. The smallest absolute Gasteiger partial charge is 0.241 e. The normalized spacial score (nSPS) is 11.2. The Bertz CT molecular complexity index is 420. The molecule has 0 radical (unpaired) electrons. The zero-order valence-corrected chi connectivity index (χ0v) is 10.3. The Labute approximate surface area is 98.9 Å². The van der Waals surface area contributed by atoms with Gasteiger partial charge in [0.15, 0.2) is 0 Å². The number of aromatic nitrogens is 2. The average Bonchev–Trinajstić information content (AvgIpc) is 2.96. The summed E-state index contributed by atoms with van der Waals surface area (Å²) >= 11 is 1.63. The first kappa shape index (κ1) is 11.3. The molecule has 2 aromatic rings. The molecule has 0 aliphatic carbocycles. The fourth-order valence-corrected chi connectivity index (χ4v) is 2.10. The first-order valence-electron chi connectivity index (χ1n) is 5.41. The van der Waals surface area contributed by atoms with Gasteiger partial charge in [-0.3, -0.25) is 4.90 Å². The van der Waals surface area contributed by atoms with Gasteiger partial charge in [-0.25, -0.2) is 0 Å². The molecule has 4 nitrogen and oxygen atoms in total. The molecule has 16 heavy (non-hydrogen) atoms. The second-order valence-corrected chi connectivity index (χ2v) is 4.27. The molecule has 0 aromatic carbocycles. The minimum atomic E-state index is 0.684. The molecule has 0 N–H and O–H groups in total. The molecule has 2 rings (SSSR count). The lowest BCUT2D eigenvalue weighted by Gasteiger charge is -2.14. The van der Waals surface area contributed by atoms with Crippen LogP contribution in [0.25, 0.3) is 11.4 Å². The summed E-state index contributed by atoms with van der Waals surface area (Å²) in [4.78, 5) is 6.62. The van der Waals surface area contributed by atoms with Crippen LogP contribution in [0.15, 0.2) is 21.3 Å². The Balaban J connectivity index is 2.08. The maximum atomic E-state index is 5.22. The Kier molecular flexibility index (Phi) is 3.69. The molecule has 0 atom stereocenters. The number of hydrogen-bond acceptors (Lipinski definition) is 5. The van der Waals surface area contributed by atoms with E-state index in [2.05, 4.69) is 28.9 Å². The summed E-state index contributed by atoms with van der Waals surface area (Å²) in [6, 6.07) is 2.00. The van der Waals surface area contributed by atoms with Crippen molar-refractivity contribution in [2.45, 2.75) is 20.4 Å². The molecule has 0 bridgehead atoms. The molecule has 86 valence electrons. The highest BCUT2D eigenvalue weighted by Gasteiger charge is 2.10. The molecule has 0 unspecified atom stereocenters. The molecule has 5 heteroatoms. The van der Waals surface area contributed by atoms with Crippen LogP contribution in [0.1, 0.15) is 19.7 Å². The average molecular weight is 237 g/mol. The minimum Gasteiger partial charge on any atom is -0.338 e. The number of thiophene rings is 1. The maximum absolute atomic E-state index is 5.22. The van der Waals surface area contributed by atoms with Crippen molar-refractivity contribution in [3.63, 3.8) is 0 Å². The van der Waals surface area contributed by atoms with Crippen LogP contribution in [-0.2, 0) is 6.54 Å². The molecule has 0 aliphatic rings. The predicted molar refractivity (Wildman–Crippen MR) is 64.2 cm³/mol. The van der Waals surface area contributed by atoms with Gasteiger partial charge in [-0.15, -0.1) is 0 Å². The van der Waals surface area contributed by atoms with E-state index in [0.717, 1.165) is 25.2 Å². The van der Waals surface area contributed by atoms with E-state index >= 15 is 0 Å². The summed E-state index contributed by atoms with van der Waals surface area (Å²) in [5, 5.41) is 8.00. The van der Waals surface area contributed by atoms with Crippen LogP contribution in [0.5, 0.6) is 0 Å². The fourth-order valence-electron chi connectivity index (χ4n) is 1.47. The van der Waals surface area contributed by atoms with Crippen molar-refractivity contribution in [3.8, 4) is 11.4 Å². The summed E-state index contributed by atoms with van der Waals surface area (Å²) in [5.74, 6) is 1.37. The lowest BCUT2D eigenvalue weighted by molar-refractivity contribution is 0.246. The number of hydrogen-bond donors (Lipinski definition) is 0. The van der Waals surface area contributed by atoms with E-state index < -0.39 is 0 Å². The first-order chi connectivity index (χ1) is 7.83. The van der Waals surface area contributed by atoms with Crippen molar-refractivity contribution >= 4 is 11.3 Å². The van der Waals surface area contributed by atoms with Crippen LogP contribution >= 0.6 is 11.3 Å². The van der Waals surface area contributed by atoms with Crippen LogP contribution in [0.4, 0.5) is 0 Å². The van der Waals surface area contributed by atoms with E-state index in [0.29, 0.717) is 11.7 Å². The van der Waals surface area contributed by atoms with Crippen molar-refractivity contribution in [1.82, 2.24) is 15.0 Å². The highest BCUT2D eigenvalue weighted by molar-refractivity contribution is 7.08. The monoisotopic (exact) mass is 237 g/mol. The van der Waals surface area contributed by atoms with Gasteiger partial charge in [0, 0.05) is 10.9 Å². The highest BCUT2D eigenvalue weighted by Crippen LogP contribution is 2.18. The van der Waals surface area contributed by atoms with Crippen molar-refractivity contribution in [1.29, 1.82) is 0 Å². The van der Waals surface area contributed by atoms with Crippen LogP contribution < -0.4 is 0 Å². The standard InChI is InChI=1S/C11H15N3OS/c1-3-14(4-2)7-10-12-11(13-15-10)9-5-6-16-8-9/h5-6,8H,3-4,7H2,1-2H3. The topological polar surface area (TPSA) is 42.2 Å². The molecule has 0 saturated carbocycles. The third-order valence-electron chi connectivity index (χ3n) is 2.50. The van der Waals surface area contributed by atoms with Crippen molar-refractivity contribution in [2.75, 3.05) is 13.1 Å². The van der Waals surface area contributed by atoms with Crippen molar-refractivity contribution < 1.29 is 4.52 Å². The quantitative estimate of drug-likeness (QED) is 0.801. The van der Waals surface area contributed by atoms with Crippen LogP contribution in [-0.4, -0.2) is 28.1 Å². The van der Waals surface area contributed by atoms with Gasteiger partial charge in [0.05, 0.1) is 6.54 Å². The Morgan fingerprint density at radius 1 is 1.38 bits per heavy atom. The molecule has 2 aromatic heterocycles. The Hall–Kier alpha value is -1.20. The summed E-state index contributed by atoms with van der Waals surface area (Å²) < 4.78 is 5.22. The third-order valence-corrected chi connectivity index (χ3v) is 3.18. The van der Waals surface area contributed by atoms with E-state index in [4.69, 9.17) is 4.52 Å². The zero-order chi connectivity index (χ0) is 11.4. The lowest BCUT2D eigenvalue weighted by Crippen LogP contribution is -2.22. The highest BCUT2D eigenvalue weighted by atomic mass is 32.1. The fraction of sp³-hybridized carbons (Fsp3) is 0.455. The van der Waals surface area contributed by atoms with E-state index in [9.17, 15) is 0 Å². The Morgan fingerprint density at radius 2 is 2.19 bits per heavy atom. The summed E-state index contributed by atoms with van der Waals surface area (Å²) in [7, 11) is 0. The molecule has 2 heterocycles. The molecule has 0 spiro atoms. The van der Waals surface area contributed by atoms with E-state index in [1.54, 1.807) is 11.3 Å². The zero-order valence-electron chi connectivity index (χ0n) is 9.51. The maximum Gasteiger partial charge on any atom is 0.241 e. The first-order valence-corrected chi connectivity index (χ1v) is 6.35. The van der Waals surface area contributed by atoms with Gasteiger partial charge in [-0.2, -0.15) is 16.3 Å². The number of rotatable bonds is 5. The molecule has 0 saturated heterocycles. The van der Waals surface area contributed by atoms with Crippen molar-refractivity contribution in [3.05, 3.63) is 22.7 Å². The SMILES string of the molecule is CCN(CC)Cc1nc(-c2ccsc2)no1. The number of nitrogens with zero attached hydrogens (tertiary/aromatic N) is 3. The van der Waals surface area contributed by atoms with Gasteiger partial charge in [0.1, 0.15) is 0 Å². The van der Waals surface area contributed by atoms with Crippen LogP contribution in [0.3, 0.4) is 0 Å². The summed E-state index contributed by atoms with van der Waals surface area (Å²) in [6.07, 6.45) is 0. The van der Waals surface area contributed by atoms with Gasteiger partial charge < -0.3 is 4.52 Å². The van der Waals surface area contributed by atoms with Crippen LogP contribution in [0.2, 0.25) is 0 Å². The van der Waals surface area contributed by atoms with E-state index in [-0.39, 0.29) is 0 Å². The Morgan fingerprint density at radius 3 is 2.81 bits per heavy atom. The summed E-state index contributed by atoms with van der Waals surface area (Å²) in [6.45, 7) is 6.96. The minimum absolute atomic E-state index is 0.684. The largest absolute Gasteiger partial charge is 0.338 e. The second-order valence-electron chi connectivity index (χ2n) is 3.49. The van der Waals surface area contributed by atoms with Crippen molar-refractivity contribution in [2.24, 2.45) is 0 Å². The molecular formula is C11H15N3OS. The van der Waals surface area contributed by atoms with E-state index in [1.807, 2.05) is 16.8 Å². The molecular weight excluding hydrogens is 222 g/mol. The van der Waals surface area contributed by atoms with Gasteiger partial charge in [0.25, 0.3) is 0 Å². The van der Waals surface area contributed by atoms with Gasteiger partial charge in [-0.1, -0.05) is 19.0 Å². The second kappa shape index (κ2) is 5.23.